The van der Waals surface area contributed by atoms with Crippen LogP contribution in [0.4, 0.5) is 10.6 Å². The number of piperidine rings is 1. The summed E-state index contributed by atoms with van der Waals surface area (Å²) in [7, 11) is 0. The quantitative estimate of drug-likeness (QED) is 0.357. The number of carbonyl (C=O) groups excluding carboxylic acids is 2. The molecule has 0 aliphatic carbocycles. The third-order valence-electron chi connectivity index (χ3n) is 7.03. The number of urea groups is 1. The molecule has 1 atom stereocenters. The lowest BCUT2D eigenvalue weighted by molar-refractivity contribution is -0.137. The van der Waals surface area contributed by atoms with Gasteiger partial charge >= 0.3 is 11.7 Å². The van der Waals surface area contributed by atoms with Gasteiger partial charge in [0.15, 0.2) is 5.54 Å². The molecule has 0 spiro atoms. The normalized spacial score (nSPS) is 18.5. The minimum absolute atomic E-state index is 0.128. The van der Waals surface area contributed by atoms with Crippen molar-refractivity contribution in [1.29, 1.82) is 0 Å². The lowest BCUT2D eigenvalue weighted by Crippen LogP contribution is -2.61. The highest BCUT2D eigenvalue weighted by Crippen LogP contribution is 2.15. The van der Waals surface area contributed by atoms with E-state index in [0.29, 0.717) is 11.7 Å². The Morgan fingerprint density at radius 3 is 2.29 bits per heavy atom. The molecule has 4 rings (SSSR count). The number of nitrogens with two attached hydrogens (primary N) is 2. The van der Waals surface area contributed by atoms with Gasteiger partial charge in [-0.3, -0.25) is 19.6 Å². The van der Waals surface area contributed by atoms with Crippen LogP contribution in [0.2, 0.25) is 0 Å². The number of carbonyl (C=O) groups is 2. The number of rotatable bonds is 6. The first-order valence-corrected chi connectivity index (χ1v) is 12.6. The number of anilines is 1. The molecule has 12 heteroatoms. The topological polar surface area (TPSA) is 163 Å². The van der Waals surface area contributed by atoms with Crippen molar-refractivity contribution in [3.8, 4) is 18.0 Å². The number of terminal acetylenes is 1. The van der Waals surface area contributed by atoms with Crippen LogP contribution in [0, 0.1) is 12.3 Å². The van der Waals surface area contributed by atoms with Crippen LogP contribution in [0.15, 0.2) is 41.3 Å². The fourth-order valence-corrected chi connectivity index (χ4v) is 4.56. The Bertz CT molecular complexity index is 1240. The number of piperazine rings is 1. The van der Waals surface area contributed by atoms with Crippen molar-refractivity contribution in [2.24, 2.45) is 11.5 Å². The maximum Gasteiger partial charge on any atom is 0.354 e. The maximum atomic E-state index is 12.7. The first-order valence-electron chi connectivity index (χ1n) is 12.6. The average Bonchev–Trinajstić information content (AvgIpc) is 2.94. The second-order valence-electron chi connectivity index (χ2n) is 9.73. The van der Waals surface area contributed by atoms with Gasteiger partial charge in [0.25, 0.3) is 5.91 Å². The van der Waals surface area contributed by atoms with Crippen LogP contribution >= 0.6 is 0 Å². The first-order chi connectivity index (χ1) is 18.2. The number of nitrogens with one attached hydrogen (secondary N) is 1. The Hall–Kier alpha value is -3.76. The van der Waals surface area contributed by atoms with Crippen LogP contribution in [0.3, 0.4) is 0 Å². The zero-order chi connectivity index (χ0) is 27.3. The summed E-state index contributed by atoms with van der Waals surface area (Å²) in [4.78, 5) is 47.1. The SMILES string of the molecule is C#CC(N)(CO)C(=O)N1CCN(C(=O)Nc2ccn(-c3ccc(CN4CCC(N)CC4)cc3)c(=O)n2)CC1. The standard InChI is InChI=1S/C26H34N8O4/c1-2-26(28,18-35)23(36)32-13-15-33(16-14-32)24(37)29-22-9-12-34(25(38)30-22)21-5-3-19(4-6-21)17-31-10-7-20(27)8-11-31/h1,3-6,9,12,20,35H,7-8,10-11,13-18,27-28H2,(H,29,30,37,38). The largest absolute Gasteiger partial charge is 0.393 e. The third kappa shape index (κ3) is 6.20. The van der Waals surface area contributed by atoms with E-state index in [1.54, 1.807) is 12.3 Å². The minimum atomic E-state index is -1.78. The molecular formula is C26H34N8O4. The Morgan fingerprint density at radius 1 is 1.08 bits per heavy atom. The van der Waals surface area contributed by atoms with Gasteiger partial charge in [-0.05, 0) is 49.7 Å². The molecule has 2 aromatic rings. The predicted octanol–water partition coefficient (Wildman–Crippen LogP) is -0.845. The number of aliphatic hydroxyl groups is 1. The Morgan fingerprint density at radius 2 is 1.71 bits per heavy atom. The molecule has 12 nitrogen and oxygen atoms in total. The van der Waals surface area contributed by atoms with E-state index in [1.165, 1.54) is 14.4 Å². The van der Waals surface area contributed by atoms with Gasteiger partial charge in [0.1, 0.15) is 5.82 Å². The van der Waals surface area contributed by atoms with Crippen molar-refractivity contribution in [1.82, 2.24) is 24.3 Å². The van der Waals surface area contributed by atoms with E-state index in [1.807, 2.05) is 24.3 Å². The zero-order valence-electron chi connectivity index (χ0n) is 21.3. The molecule has 0 saturated carbocycles. The molecule has 202 valence electrons. The lowest BCUT2D eigenvalue weighted by atomic mass is 10.0. The Kier molecular flexibility index (Phi) is 8.43. The summed E-state index contributed by atoms with van der Waals surface area (Å²) in [6.07, 6.45) is 8.87. The van der Waals surface area contributed by atoms with Crippen LogP contribution in [-0.4, -0.2) is 98.8 Å². The first kappa shape index (κ1) is 27.3. The number of nitrogens with zero attached hydrogens (tertiary/aromatic N) is 5. The van der Waals surface area contributed by atoms with Crippen LogP contribution in [0.25, 0.3) is 5.69 Å². The van der Waals surface area contributed by atoms with E-state index in [4.69, 9.17) is 17.9 Å². The van der Waals surface area contributed by atoms with Crippen LogP contribution in [0.5, 0.6) is 0 Å². The van der Waals surface area contributed by atoms with Gasteiger partial charge in [-0.15, -0.1) is 6.42 Å². The average molecular weight is 523 g/mol. The second-order valence-corrected chi connectivity index (χ2v) is 9.73. The van der Waals surface area contributed by atoms with Crippen molar-refractivity contribution in [3.63, 3.8) is 0 Å². The third-order valence-corrected chi connectivity index (χ3v) is 7.03. The number of benzene rings is 1. The fourth-order valence-electron chi connectivity index (χ4n) is 4.56. The molecule has 2 aliphatic heterocycles. The second kappa shape index (κ2) is 11.7. The van der Waals surface area contributed by atoms with Gasteiger partial charge in [0.2, 0.25) is 0 Å². The highest BCUT2D eigenvalue weighted by atomic mass is 16.3. The van der Waals surface area contributed by atoms with E-state index >= 15 is 0 Å². The van der Waals surface area contributed by atoms with E-state index in [-0.39, 0.29) is 32.0 Å². The predicted molar refractivity (Wildman–Crippen MR) is 142 cm³/mol. The van der Waals surface area contributed by atoms with E-state index < -0.39 is 29.8 Å². The van der Waals surface area contributed by atoms with E-state index in [9.17, 15) is 19.5 Å². The number of hydrogen-bond donors (Lipinski definition) is 4. The number of aliphatic hydroxyl groups excluding tert-OH is 1. The molecular weight excluding hydrogens is 488 g/mol. The zero-order valence-corrected chi connectivity index (χ0v) is 21.3. The molecule has 3 heterocycles. The molecule has 0 radical (unpaired) electrons. The molecule has 2 fully saturated rings. The molecule has 2 aliphatic rings. The molecule has 0 bridgehead atoms. The van der Waals surface area contributed by atoms with Crippen LogP contribution < -0.4 is 22.5 Å². The number of likely N-dealkylation sites (tertiary alicyclic amines) is 1. The van der Waals surface area contributed by atoms with Crippen LogP contribution in [0.1, 0.15) is 18.4 Å². The van der Waals surface area contributed by atoms with E-state index in [2.05, 4.69) is 21.1 Å². The summed E-state index contributed by atoms with van der Waals surface area (Å²) in [6.45, 7) is 3.03. The van der Waals surface area contributed by atoms with Gasteiger partial charge in [-0.25, -0.2) is 9.59 Å². The van der Waals surface area contributed by atoms with Gasteiger partial charge in [0, 0.05) is 45.0 Å². The van der Waals surface area contributed by atoms with Crippen molar-refractivity contribution >= 4 is 17.8 Å². The molecule has 1 aromatic heterocycles. The Labute approximate surface area is 221 Å². The highest BCUT2D eigenvalue weighted by molar-refractivity contribution is 5.91. The van der Waals surface area contributed by atoms with Crippen molar-refractivity contribution in [2.45, 2.75) is 31.0 Å². The summed E-state index contributed by atoms with van der Waals surface area (Å²) < 4.78 is 1.41. The minimum Gasteiger partial charge on any atom is -0.393 e. The fraction of sp³-hybridized carbons (Fsp3) is 0.462. The summed E-state index contributed by atoms with van der Waals surface area (Å²) in [5, 5.41) is 12.0. The molecule has 1 unspecified atom stereocenters. The lowest BCUT2D eigenvalue weighted by Gasteiger charge is -2.37. The van der Waals surface area contributed by atoms with Crippen molar-refractivity contribution < 1.29 is 14.7 Å². The molecule has 1 aromatic carbocycles. The number of amides is 3. The monoisotopic (exact) mass is 522 g/mol. The smallest absolute Gasteiger partial charge is 0.354 e. The summed E-state index contributed by atoms with van der Waals surface area (Å²) in [5.41, 5.74) is 11.3. The Balaban J connectivity index is 1.32. The number of aromatic nitrogens is 2. The van der Waals surface area contributed by atoms with Crippen molar-refractivity contribution in [2.75, 3.05) is 51.2 Å². The highest BCUT2D eigenvalue weighted by Gasteiger charge is 2.37. The van der Waals surface area contributed by atoms with E-state index in [0.717, 1.165) is 38.0 Å². The molecule has 2 saturated heterocycles. The maximum absolute atomic E-state index is 12.7. The van der Waals surface area contributed by atoms with Gasteiger partial charge in [-0.1, -0.05) is 18.1 Å². The summed E-state index contributed by atoms with van der Waals surface area (Å²) in [5.74, 6) is 1.70. The van der Waals surface area contributed by atoms with Gasteiger partial charge in [0.05, 0.1) is 12.3 Å². The van der Waals surface area contributed by atoms with Crippen LogP contribution in [-0.2, 0) is 11.3 Å². The summed E-state index contributed by atoms with van der Waals surface area (Å²) in [6, 6.07) is 9.15. The molecule has 6 N–H and O–H groups in total. The van der Waals surface area contributed by atoms with Gasteiger partial charge < -0.3 is 26.4 Å². The summed E-state index contributed by atoms with van der Waals surface area (Å²) >= 11 is 0. The molecule has 3 amide bonds. The molecule has 38 heavy (non-hydrogen) atoms. The van der Waals surface area contributed by atoms with Crippen molar-refractivity contribution in [3.05, 3.63) is 52.6 Å². The van der Waals surface area contributed by atoms with Gasteiger partial charge in [-0.2, -0.15) is 4.98 Å². The number of hydrogen-bond acceptors (Lipinski definition) is 8.